The fourth-order valence-corrected chi connectivity index (χ4v) is 2.74. The minimum atomic E-state index is 0.192. The van der Waals surface area contributed by atoms with Crippen molar-refractivity contribution in [2.45, 2.75) is 19.4 Å². The van der Waals surface area contributed by atoms with Crippen molar-refractivity contribution < 1.29 is 4.79 Å². The SMILES string of the molecule is CN(C)CCN(Cc1cnc[nH]1)C(=O)CCc1ccsc1. The van der Waals surface area contributed by atoms with E-state index in [-0.39, 0.29) is 5.91 Å². The standard InChI is InChI=1S/C15H22N4OS/c1-18(2)6-7-19(10-14-9-16-12-17-14)15(20)4-3-13-5-8-21-11-13/h5,8-9,11-12H,3-4,6-7,10H2,1-2H3,(H,16,17). The number of carbonyl (C=O) groups excluding carboxylic acids is 1. The van der Waals surface area contributed by atoms with E-state index in [1.165, 1.54) is 5.56 Å². The van der Waals surface area contributed by atoms with E-state index in [1.54, 1.807) is 23.9 Å². The second kappa shape index (κ2) is 7.95. The maximum Gasteiger partial charge on any atom is 0.223 e. The fourth-order valence-electron chi connectivity index (χ4n) is 2.03. The zero-order valence-electron chi connectivity index (χ0n) is 12.6. The van der Waals surface area contributed by atoms with Crippen molar-refractivity contribution in [3.05, 3.63) is 40.6 Å². The molecule has 0 aliphatic heterocycles. The third kappa shape index (κ3) is 5.32. The molecule has 0 unspecified atom stereocenters. The minimum Gasteiger partial charge on any atom is -0.347 e. The van der Waals surface area contributed by atoms with Gasteiger partial charge >= 0.3 is 0 Å². The zero-order valence-corrected chi connectivity index (χ0v) is 13.4. The molecule has 0 radical (unpaired) electrons. The number of aryl methyl sites for hydroxylation is 1. The molecule has 0 fully saturated rings. The van der Waals surface area contributed by atoms with Gasteiger partial charge in [-0.15, -0.1) is 0 Å². The molecular weight excluding hydrogens is 284 g/mol. The zero-order chi connectivity index (χ0) is 15.1. The molecule has 0 aliphatic carbocycles. The van der Waals surface area contributed by atoms with E-state index in [0.717, 1.165) is 25.2 Å². The number of thiophene rings is 1. The molecule has 1 amide bonds. The summed E-state index contributed by atoms with van der Waals surface area (Å²) in [6, 6.07) is 2.08. The minimum absolute atomic E-state index is 0.192. The van der Waals surface area contributed by atoms with E-state index in [9.17, 15) is 4.79 Å². The van der Waals surface area contributed by atoms with Gasteiger partial charge in [-0.05, 0) is 42.9 Å². The van der Waals surface area contributed by atoms with Gasteiger partial charge in [0.05, 0.1) is 18.6 Å². The highest BCUT2D eigenvalue weighted by Crippen LogP contribution is 2.10. The average Bonchev–Trinajstić information content (AvgIpc) is 3.13. The summed E-state index contributed by atoms with van der Waals surface area (Å²) in [5, 5.41) is 4.15. The Morgan fingerprint density at radius 3 is 2.86 bits per heavy atom. The second-order valence-electron chi connectivity index (χ2n) is 5.33. The number of H-pyrrole nitrogens is 1. The molecule has 5 nitrogen and oxygen atoms in total. The predicted octanol–water partition coefficient (Wildman–Crippen LogP) is 1.99. The highest BCUT2D eigenvalue weighted by atomic mass is 32.1. The number of hydrogen-bond acceptors (Lipinski definition) is 4. The summed E-state index contributed by atoms with van der Waals surface area (Å²) in [6.07, 6.45) is 4.78. The van der Waals surface area contributed by atoms with Gasteiger partial charge in [-0.3, -0.25) is 4.79 Å². The van der Waals surface area contributed by atoms with Crippen molar-refractivity contribution in [2.75, 3.05) is 27.2 Å². The summed E-state index contributed by atoms with van der Waals surface area (Å²) in [5.74, 6) is 0.192. The van der Waals surface area contributed by atoms with Gasteiger partial charge in [-0.25, -0.2) is 4.98 Å². The van der Waals surface area contributed by atoms with Crippen molar-refractivity contribution in [3.63, 3.8) is 0 Å². The quantitative estimate of drug-likeness (QED) is 0.811. The van der Waals surface area contributed by atoms with Crippen LogP contribution in [0.5, 0.6) is 0 Å². The van der Waals surface area contributed by atoms with E-state index in [2.05, 4.69) is 26.3 Å². The number of carbonyl (C=O) groups is 1. The Hall–Kier alpha value is -1.66. The molecule has 0 saturated heterocycles. The van der Waals surface area contributed by atoms with E-state index in [1.807, 2.05) is 24.4 Å². The van der Waals surface area contributed by atoms with Crippen LogP contribution in [0.25, 0.3) is 0 Å². The molecule has 2 rings (SSSR count). The van der Waals surface area contributed by atoms with Crippen LogP contribution in [0.1, 0.15) is 17.7 Å². The Morgan fingerprint density at radius 2 is 2.24 bits per heavy atom. The third-order valence-electron chi connectivity index (χ3n) is 3.29. The Balaban J connectivity index is 1.90. The summed E-state index contributed by atoms with van der Waals surface area (Å²) >= 11 is 1.67. The first kappa shape index (κ1) is 15.7. The van der Waals surface area contributed by atoms with Crippen LogP contribution in [0.15, 0.2) is 29.4 Å². The lowest BCUT2D eigenvalue weighted by molar-refractivity contribution is -0.132. The predicted molar refractivity (Wildman–Crippen MR) is 85.2 cm³/mol. The van der Waals surface area contributed by atoms with Gasteiger partial charge in [0.25, 0.3) is 0 Å². The Morgan fingerprint density at radius 1 is 1.38 bits per heavy atom. The number of imidazole rings is 1. The molecular formula is C15H22N4OS. The largest absolute Gasteiger partial charge is 0.347 e. The smallest absolute Gasteiger partial charge is 0.223 e. The van der Waals surface area contributed by atoms with Crippen LogP contribution in [0.4, 0.5) is 0 Å². The summed E-state index contributed by atoms with van der Waals surface area (Å²) in [7, 11) is 4.04. The molecule has 1 N–H and O–H groups in total. The molecule has 0 saturated carbocycles. The average molecular weight is 306 g/mol. The van der Waals surface area contributed by atoms with Crippen LogP contribution in [-0.4, -0.2) is 52.9 Å². The van der Waals surface area contributed by atoms with Crippen LogP contribution >= 0.6 is 11.3 Å². The van der Waals surface area contributed by atoms with Crippen molar-refractivity contribution in [3.8, 4) is 0 Å². The van der Waals surface area contributed by atoms with E-state index >= 15 is 0 Å². The Labute approximate surface area is 129 Å². The van der Waals surface area contributed by atoms with E-state index in [0.29, 0.717) is 13.0 Å². The molecule has 0 aliphatic rings. The highest BCUT2D eigenvalue weighted by molar-refractivity contribution is 7.07. The molecule has 21 heavy (non-hydrogen) atoms. The van der Waals surface area contributed by atoms with Crippen LogP contribution in [0, 0.1) is 0 Å². The van der Waals surface area contributed by atoms with Gasteiger partial charge in [0.1, 0.15) is 0 Å². The maximum atomic E-state index is 12.5. The first-order chi connectivity index (χ1) is 10.1. The number of aromatic nitrogens is 2. The highest BCUT2D eigenvalue weighted by Gasteiger charge is 2.15. The first-order valence-corrected chi connectivity index (χ1v) is 8.00. The molecule has 6 heteroatoms. The van der Waals surface area contributed by atoms with E-state index < -0.39 is 0 Å². The van der Waals surface area contributed by atoms with Crippen molar-refractivity contribution >= 4 is 17.2 Å². The monoisotopic (exact) mass is 306 g/mol. The number of nitrogens with zero attached hydrogens (tertiary/aromatic N) is 3. The molecule has 2 aromatic rings. The number of hydrogen-bond donors (Lipinski definition) is 1. The lowest BCUT2D eigenvalue weighted by atomic mass is 10.2. The summed E-state index contributed by atoms with van der Waals surface area (Å²) in [6.45, 7) is 2.18. The van der Waals surface area contributed by atoms with Crippen LogP contribution in [-0.2, 0) is 17.8 Å². The Bertz CT molecular complexity index is 522. The number of rotatable bonds is 8. The molecule has 2 aromatic heterocycles. The first-order valence-electron chi connectivity index (χ1n) is 7.06. The molecule has 2 heterocycles. The molecule has 0 bridgehead atoms. The van der Waals surface area contributed by atoms with Crippen molar-refractivity contribution in [1.29, 1.82) is 0 Å². The van der Waals surface area contributed by atoms with E-state index in [4.69, 9.17) is 0 Å². The fraction of sp³-hybridized carbons (Fsp3) is 0.467. The van der Waals surface area contributed by atoms with Gasteiger partial charge in [-0.1, -0.05) is 0 Å². The van der Waals surface area contributed by atoms with Crippen LogP contribution in [0.3, 0.4) is 0 Å². The molecule has 0 aromatic carbocycles. The Kier molecular flexibility index (Phi) is 5.95. The van der Waals surface area contributed by atoms with Gasteiger partial charge < -0.3 is 14.8 Å². The lowest BCUT2D eigenvalue weighted by Gasteiger charge is -2.24. The summed E-state index contributed by atoms with van der Waals surface area (Å²) in [4.78, 5) is 23.5. The number of aromatic amines is 1. The number of likely N-dealkylation sites (N-methyl/N-ethyl adjacent to an activating group) is 1. The maximum absolute atomic E-state index is 12.5. The van der Waals surface area contributed by atoms with Gasteiger partial charge in [0, 0.05) is 25.7 Å². The number of nitrogens with one attached hydrogen (secondary N) is 1. The topological polar surface area (TPSA) is 52.2 Å². The number of amides is 1. The second-order valence-corrected chi connectivity index (χ2v) is 6.11. The van der Waals surface area contributed by atoms with Crippen molar-refractivity contribution in [1.82, 2.24) is 19.8 Å². The lowest BCUT2D eigenvalue weighted by Crippen LogP contribution is -2.36. The molecule has 0 spiro atoms. The molecule has 114 valence electrons. The van der Waals surface area contributed by atoms with Crippen LogP contribution < -0.4 is 0 Å². The summed E-state index contributed by atoms with van der Waals surface area (Å²) < 4.78 is 0. The third-order valence-corrected chi connectivity index (χ3v) is 4.03. The van der Waals surface area contributed by atoms with Crippen molar-refractivity contribution in [2.24, 2.45) is 0 Å². The van der Waals surface area contributed by atoms with Gasteiger partial charge in [0.15, 0.2) is 0 Å². The van der Waals surface area contributed by atoms with Crippen LogP contribution in [0.2, 0.25) is 0 Å². The normalized spacial score (nSPS) is 11.0. The van der Waals surface area contributed by atoms with Gasteiger partial charge in [-0.2, -0.15) is 11.3 Å². The van der Waals surface area contributed by atoms with Gasteiger partial charge in [0.2, 0.25) is 5.91 Å². The molecule has 0 atom stereocenters. The summed E-state index contributed by atoms with van der Waals surface area (Å²) in [5.41, 5.74) is 2.21.